The van der Waals surface area contributed by atoms with Crippen LogP contribution in [-0.2, 0) is 4.74 Å². The molecule has 1 aromatic rings. The summed E-state index contributed by atoms with van der Waals surface area (Å²) in [5.41, 5.74) is 3.27. The summed E-state index contributed by atoms with van der Waals surface area (Å²) in [5.74, 6) is 5.99. The molecule has 7 heteroatoms. The fourth-order valence-corrected chi connectivity index (χ4v) is 2.35. The summed E-state index contributed by atoms with van der Waals surface area (Å²) in [5, 5.41) is 0. The van der Waals surface area contributed by atoms with Gasteiger partial charge in [0.15, 0.2) is 0 Å². The number of hydrogen-bond acceptors (Lipinski definition) is 4. The molecule has 1 heterocycles. The third kappa shape index (κ3) is 4.05. The van der Waals surface area contributed by atoms with Gasteiger partial charge < -0.3 is 14.5 Å². The maximum absolute atomic E-state index is 13.8. The number of halogens is 1. The number of nitrogens with one attached hydrogen (secondary N) is 1. The minimum Gasteiger partial charge on any atom is -0.383 e. The number of para-hydroxylation sites is 1. The molecule has 0 spiro atoms. The lowest BCUT2D eigenvalue weighted by Gasteiger charge is -2.37. The van der Waals surface area contributed by atoms with Crippen LogP contribution in [-0.4, -0.2) is 57.3 Å². The monoisotopic (exact) mass is 295 g/mol. The van der Waals surface area contributed by atoms with Crippen LogP contribution in [0, 0.1) is 5.82 Å². The van der Waals surface area contributed by atoms with Crippen molar-refractivity contribution >= 4 is 11.6 Å². The van der Waals surface area contributed by atoms with Crippen molar-refractivity contribution in [3.63, 3.8) is 0 Å². The Morgan fingerprint density at radius 1 is 1.33 bits per heavy atom. The Morgan fingerprint density at radius 2 is 2.05 bits per heavy atom. The Bertz CT molecular complexity index is 474. The van der Waals surface area contributed by atoms with Crippen molar-refractivity contribution in [3.05, 3.63) is 30.1 Å². The maximum atomic E-state index is 13.8. The molecule has 0 saturated carbocycles. The van der Waals surface area contributed by atoms with Crippen molar-refractivity contribution in [2.75, 3.05) is 51.3 Å². The standard InChI is InChI=1S/C14H22FN5O/c1-21-11-6-17-14(18-16)20-9-7-19(8-10-20)13-5-3-2-4-12(13)15/h2-5H,6-11,16H2,1H3,(H,17,18). The molecular weight excluding hydrogens is 273 g/mol. The van der Waals surface area contributed by atoms with Crippen molar-refractivity contribution in [1.82, 2.24) is 10.3 Å². The van der Waals surface area contributed by atoms with Gasteiger partial charge in [-0.2, -0.15) is 0 Å². The van der Waals surface area contributed by atoms with E-state index in [1.807, 2.05) is 11.0 Å². The average molecular weight is 295 g/mol. The van der Waals surface area contributed by atoms with Crippen molar-refractivity contribution in [2.24, 2.45) is 10.8 Å². The number of piperazine rings is 1. The Balaban J connectivity index is 1.93. The lowest BCUT2D eigenvalue weighted by molar-refractivity contribution is 0.207. The number of anilines is 1. The molecule has 0 radical (unpaired) electrons. The Hall–Kier alpha value is -1.86. The van der Waals surface area contributed by atoms with E-state index in [0.717, 1.165) is 26.2 Å². The highest BCUT2D eigenvalue weighted by molar-refractivity contribution is 5.79. The molecule has 3 N–H and O–H groups in total. The van der Waals surface area contributed by atoms with Gasteiger partial charge in [0.05, 0.1) is 18.8 Å². The van der Waals surface area contributed by atoms with Gasteiger partial charge in [0, 0.05) is 33.3 Å². The zero-order chi connectivity index (χ0) is 15.1. The first-order valence-electron chi connectivity index (χ1n) is 7.00. The number of rotatable bonds is 4. The Labute approximate surface area is 124 Å². The third-order valence-corrected chi connectivity index (χ3v) is 3.46. The molecule has 0 atom stereocenters. The fraction of sp³-hybridized carbons (Fsp3) is 0.500. The third-order valence-electron chi connectivity index (χ3n) is 3.46. The first kappa shape index (κ1) is 15.5. The molecule has 0 amide bonds. The van der Waals surface area contributed by atoms with E-state index in [4.69, 9.17) is 10.6 Å². The summed E-state index contributed by atoms with van der Waals surface area (Å²) in [4.78, 5) is 8.46. The summed E-state index contributed by atoms with van der Waals surface area (Å²) in [7, 11) is 1.64. The number of nitrogens with two attached hydrogens (primary N) is 1. The number of ether oxygens (including phenoxy) is 1. The first-order valence-corrected chi connectivity index (χ1v) is 7.00. The van der Waals surface area contributed by atoms with Crippen LogP contribution in [0.4, 0.5) is 10.1 Å². The number of guanidine groups is 1. The number of benzene rings is 1. The van der Waals surface area contributed by atoms with Crippen LogP contribution < -0.4 is 16.2 Å². The van der Waals surface area contributed by atoms with Crippen molar-refractivity contribution in [2.45, 2.75) is 0 Å². The van der Waals surface area contributed by atoms with Gasteiger partial charge in [0.25, 0.3) is 0 Å². The van der Waals surface area contributed by atoms with Crippen molar-refractivity contribution in [1.29, 1.82) is 0 Å². The van der Waals surface area contributed by atoms with Crippen LogP contribution in [0.5, 0.6) is 0 Å². The Morgan fingerprint density at radius 3 is 2.67 bits per heavy atom. The normalized spacial score (nSPS) is 16.2. The van der Waals surface area contributed by atoms with E-state index in [9.17, 15) is 4.39 Å². The van der Waals surface area contributed by atoms with Gasteiger partial charge >= 0.3 is 0 Å². The van der Waals surface area contributed by atoms with Gasteiger partial charge in [-0.15, -0.1) is 0 Å². The van der Waals surface area contributed by atoms with E-state index in [1.54, 1.807) is 19.2 Å². The minimum atomic E-state index is -0.183. The van der Waals surface area contributed by atoms with Gasteiger partial charge in [0.2, 0.25) is 5.96 Å². The molecule has 0 aliphatic carbocycles. The fourth-order valence-electron chi connectivity index (χ4n) is 2.35. The number of aliphatic imine (C=N–C) groups is 1. The van der Waals surface area contributed by atoms with Crippen LogP contribution in [0.3, 0.4) is 0 Å². The van der Waals surface area contributed by atoms with E-state index in [0.29, 0.717) is 24.8 Å². The highest BCUT2D eigenvalue weighted by atomic mass is 19.1. The van der Waals surface area contributed by atoms with Gasteiger partial charge in [-0.3, -0.25) is 5.43 Å². The van der Waals surface area contributed by atoms with Crippen LogP contribution in [0.1, 0.15) is 0 Å². The van der Waals surface area contributed by atoms with Gasteiger partial charge in [-0.25, -0.2) is 15.2 Å². The number of hydrogen-bond donors (Lipinski definition) is 2. The number of methoxy groups -OCH3 is 1. The maximum Gasteiger partial charge on any atom is 0.208 e. The van der Waals surface area contributed by atoms with Crippen LogP contribution in [0.2, 0.25) is 0 Å². The summed E-state index contributed by atoms with van der Waals surface area (Å²) in [6, 6.07) is 6.85. The van der Waals surface area contributed by atoms with Crippen LogP contribution in [0.15, 0.2) is 29.3 Å². The molecule has 0 bridgehead atoms. The van der Waals surface area contributed by atoms with Crippen molar-refractivity contribution in [3.8, 4) is 0 Å². The number of hydrazine groups is 1. The summed E-state index contributed by atoms with van der Waals surface area (Å²) < 4.78 is 18.7. The molecule has 21 heavy (non-hydrogen) atoms. The molecule has 6 nitrogen and oxygen atoms in total. The zero-order valence-electron chi connectivity index (χ0n) is 12.3. The van der Waals surface area contributed by atoms with E-state index < -0.39 is 0 Å². The van der Waals surface area contributed by atoms with Gasteiger partial charge in [-0.1, -0.05) is 12.1 Å². The van der Waals surface area contributed by atoms with Crippen LogP contribution in [0.25, 0.3) is 0 Å². The molecule has 116 valence electrons. The van der Waals surface area contributed by atoms with E-state index in [-0.39, 0.29) is 5.82 Å². The van der Waals surface area contributed by atoms with Crippen LogP contribution >= 0.6 is 0 Å². The van der Waals surface area contributed by atoms with Crippen molar-refractivity contribution < 1.29 is 9.13 Å². The molecule has 1 fully saturated rings. The average Bonchev–Trinajstić information content (AvgIpc) is 2.53. The molecule has 0 unspecified atom stereocenters. The topological polar surface area (TPSA) is 66.1 Å². The molecular formula is C14H22FN5O. The summed E-state index contributed by atoms with van der Waals surface area (Å²) >= 11 is 0. The second kappa shape index (κ2) is 7.80. The molecule has 1 aliphatic heterocycles. The highest BCUT2D eigenvalue weighted by Crippen LogP contribution is 2.20. The van der Waals surface area contributed by atoms with E-state index in [2.05, 4.69) is 15.3 Å². The lowest BCUT2D eigenvalue weighted by Crippen LogP contribution is -2.54. The first-order chi connectivity index (χ1) is 10.3. The molecule has 0 aromatic heterocycles. The summed E-state index contributed by atoms with van der Waals surface area (Å²) in [6.45, 7) is 4.05. The number of nitrogens with zero attached hydrogens (tertiary/aromatic N) is 3. The zero-order valence-corrected chi connectivity index (χ0v) is 12.3. The molecule has 1 aliphatic rings. The predicted octanol–water partition coefficient (Wildman–Crippen LogP) is 0.413. The highest BCUT2D eigenvalue weighted by Gasteiger charge is 2.21. The second-order valence-corrected chi connectivity index (χ2v) is 4.77. The summed E-state index contributed by atoms with van der Waals surface area (Å²) in [6.07, 6.45) is 0. The lowest BCUT2D eigenvalue weighted by atomic mass is 10.2. The van der Waals surface area contributed by atoms with E-state index >= 15 is 0 Å². The smallest absolute Gasteiger partial charge is 0.208 e. The second-order valence-electron chi connectivity index (χ2n) is 4.77. The Kier molecular flexibility index (Phi) is 5.77. The molecule has 1 aromatic carbocycles. The quantitative estimate of drug-likeness (QED) is 0.277. The SMILES string of the molecule is COCCN=C(NN)N1CCN(c2ccccc2F)CC1. The van der Waals surface area contributed by atoms with Gasteiger partial charge in [-0.05, 0) is 12.1 Å². The molecule has 2 rings (SSSR count). The largest absolute Gasteiger partial charge is 0.383 e. The minimum absolute atomic E-state index is 0.183. The predicted molar refractivity (Wildman–Crippen MR) is 81.7 cm³/mol. The van der Waals surface area contributed by atoms with Gasteiger partial charge in [0.1, 0.15) is 5.82 Å². The molecule has 1 saturated heterocycles. The van der Waals surface area contributed by atoms with E-state index in [1.165, 1.54) is 6.07 Å².